The van der Waals surface area contributed by atoms with Crippen molar-refractivity contribution < 1.29 is 9.32 Å². The summed E-state index contributed by atoms with van der Waals surface area (Å²) in [5.74, 6) is 1.09. The molecule has 2 aromatic heterocycles. The third kappa shape index (κ3) is 2.93. The second-order valence-corrected chi connectivity index (χ2v) is 5.55. The first-order chi connectivity index (χ1) is 10.6. The van der Waals surface area contributed by atoms with E-state index in [-0.39, 0.29) is 5.91 Å². The minimum Gasteiger partial charge on any atom is -0.355 e. The van der Waals surface area contributed by atoms with Crippen LogP contribution in [0.25, 0.3) is 0 Å². The Kier molecular flexibility index (Phi) is 4.04. The molecule has 1 aliphatic heterocycles. The van der Waals surface area contributed by atoms with E-state index in [0.717, 1.165) is 24.4 Å². The van der Waals surface area contributed by atoms with E-state index in [1.165, 1.54) is 0 Å². The maximum Gasteiger partial charge on any atom is 0.292 e. The monoisotopic (exact) mass is 301 g/mol. The predicted molar refractivity (Wildman–Crippen MR) is 80.6 cm³/mol. The number of amides is 1. The highest BCUT2D eigenvalue weighted by atomic mass is 16.5. The molecular formula is C15H19N5O2. The first-order valence-corrected chi connectivity index (χ1v) is 7.38. The van der Waals surface area contributed by atoms with E-state index in [9.17, 15) is 4.79 Å². The van der Waals surface area contributed by atoms with Gasteiger partial charge < -0.3 is 14.3 Å². The smallest absolute Gasteiger partial charge is 0.292 e. The highest BCUT2D eigenvalue weighted by Gasteiger charge is 2.28. The summed E-state index contributed by atoms with van der Waals surface area (Å²) in [6.45, 7) is 3.21. The summed E-state index contributed by atoms with van der Waals surface area (Å²) in [5, 5.41) is 11.8. The lowest BCUT2D eigenvalue weighted by atomic mass is 10.0. The number of hydrogen-bond acceptors (Lipinski definition) is 6. The van der Waals surface area contributed by atoms with Crippen molar-refractivity contribution in [2.75, 3.05) is 25.0 Å². The van der Waals surface area contributed by atoms with Crippen molar-refractivity contribution >= 4 is 11.7 Å². The number of piperidine rings is 1. The molecule has 0 aliphatic carbocycles. The quantitative estimate of drug-likeness (QED) is 0.855. The third-order valence-electron chi connectivity index (χ3n) is 4.06. The molecule has 0 N–H and O–H groups in total. The SMILES string of the molecule is Cc1cc(C(=O)N2CCC(N(C)c3cccnn3)CC2)on1. The molecule has 22 heavy (non-hydrogen) atoms. The van der Waals surface area contributed by atoms with Crippen molar-refractivity contribution in [3.05, 3.63) is 35.9 Å². The topological polar surface area (TPSA) is 75.4 Å². The van der Waals surface area contributed by atoms with Gasteiger partial charge in [-0.1, -0.05) is 5.16 Å². The summed E-state index contributed by atoms with van der Waals surface area (Å²) in [4.78, 5) is 16.3. The lowest BCUT2D eigenvalue weighted by Gasteiger charge is -2.36. The van der Waals surface area contributed by atoms with Gasteiger partial charge in [-0.2, -0.15) is 5.10 Å². The first-order valence-electron chi connectivity index (χ1n) is 7.38. The Bertz CT molecular complexity index is 634. The lowest BCUT2D eigenvalue weighted by Crippen LogP contribution is -2.45. The van der Waals surface area contributed by atoms with Crippen LogP contribution in [-0.4, -0.2) is 52.3 Å². The highest BCUT2D eigenvalue weighted by molar-refractivity contribution is 5.91. The van der Waals surface area contributed by atoms with Gasteiger partial charge in [0.15, 0.2) is 5.82 Å². The number of nitrogens with zero attached hydrogens (tertiary/aromatic N) is 5. The zero-order valence-electron chi connectivity index (χ0n) is 12.8. The number of carbonyl (C=O) groups is 1. The average molecular weight is 301 g/mol. The molecule has 2 aromatic rings. The van der Waals surface area contributed by atoms with Gasteiger partial charge in [0, 0.05) is 38.4 Å². The van der Waals surface area contributed by atoms with Crippen molar-refractivity contribution in [3.8, 4) is 0 Å². The number of aromatic nitrogens is 3. The van der Waals surface area contributed by atoms with E-state index in [1.54, 1.807) is 12.3 Å². The molecule has 0 radical (unpaired) electrons. The molecular weight excluding hydrogens is 282 g/mol. The van der Waals surface area contributed by atoms with Crippen molar-refractivity contribution in [1.82, 2.24) is 20.3 Å². The Morgan fingerprint density at radius 3 is 2.77 bits per heavy atom. The standard InChI is InChI=1S/C15H19N5O2/c1-11-10-13(22-18-11)15(21)20-8-5-12(6-9-20)19(2)14-4-3-7-16-17-14/h3-4,7,10,12H,5-6,8-9H2,1-2H3. The fourth-order valence-electron chi connectivity index (χ4n) is 2.75. The molecule has 3 heterocycles. The molecule has 1 amide bonds. The molecule has 1 fully saturated rings. The first kappa shape index (κ1) is 14.5. The van der Waals surface area contributed by atoms with E-state index < -0.39 is 0 Å². The van der Waals surface area contributed by atoms with Gasteiger partial charge >= 0.3 is 0 Å². The fraction of sp³-hybridized carbons (Fsp3) is 0.467. The van der Waals surface area contributed by atoms with Crippen LogP contribution in [0.15, 0.2) is 28.9 Å². The number of likely N-dealkylation sites (tertiary alicyclic amines) is 1. The van der Waals surface area contributed by atoms with Gasteiger partial charge in [-0.05, 0) is 31.9 Å². The normalized spacial score (nSPS) is 15.8. The molecule has 0 aromatic carbocycles. The summed E-state index contributed by atoms with van der Waals surface area (Å²) < 4.78 is 5.05. The van der Waals surface area contributed by atoms with Gasteiger partial charge in [0.25, 0.3) is 5.91 Å². The fourth-order valence-corrected chi connectivity index (χ4v) is 2.75. The van der Waals surface area contributed by atoms with Crippen LogP contribution in [0.3, 0.4) is 0 Å². The molecule has 7 nitrogen and oxygen atoms in total. The van der Waals surface area contributed by atoms with E-state index in [0.29, 0.717) is 24.9 Å². The lowest BCUT2D eigenvalue weighted by molar-refractivity contribution is 0.0671. The molecule has 3 rings (SSSR count). The number of anilines is 1. The second kappa shape index (κ2) is 6.13. The van der Waals surface area contributed by atoms with E-state index in [2.05, 4.69) is 20.3 Å². The van der Waals surface area contributed by atoms with Gasteiger partial charge in [0.1, 0.15) is 0 Å². The van der Waals surface area contributed by atoms with Gasteiger partial charge in [-0.3, -0.25) is 4.79 Å². The van der Waals surface area contributed by atoms with Crippen LogP contribution >= 0.6 is 0 Å². The average Bonchev–Trinajstić information content (AvgIpc) is 3.01. The van der Waals surface area contributed by atoms with E-state index in [1.807, 2.05) is 31.0 Å². The largest absolute Gasteiger partial charge is 0.355 e. The molecule has 7 heteroatoms. The van der Waals surface area contributed by atoms with Crippen molar-refractivity contribution in [2.24, 2.45) is 0 Å². The van der Waals surface area contributed by atoms with Gasteiger partial charge in [-0.15, -0.1) is 5.10 Å². The summed E-state index contributed by atoms with van der Waals surface area (Å²) >= 11 is 0. The summed E-state index contributed by atoms with van der Waals surface area (Å²) in [5.41, 5.74) is 0.723. The molecule has 1 aliphatic rings. The number of rotatable bonds is 3. The van der Waals surface area contributed by atoms with Crippen LogP contribution in [0.1, 0.15) is 29.1 Å². The number of carbonyl (C=O) groups excluding carboxylic acids is 1. The van der Waals surface area contributed by atoms with Gasteiger partial charge in [0.05, 0.1) is 5.69 Å². The van der Waals surface area contributed by atoms with E-state index >= 15 is 0 Å². The van der Waals surface area contributed by atoms with Crippen LogP contribution in [0, 0.1) is 6.92 Å². The molecule has 116 valence electrons. The van der Waals surface area contributed by atoms with Crippen LogP contribution in [0.4, 0.5) is 5.82 Å². The molecule has 0 saturated carbocycles. The number of aryl methyl sites for hydroxylation is 1. The second-order valence-electron chi connectivity index (χ2n) is 5.55. The highest BCUT2D eigenvalue weighted by Crippen LogP contribution is 2.21. The van der Waals surface area contributed by atoms with Crippen molar-refractivity contribution in [3.63, 3.8) is 0 Å². The Morgan fingerprint density at radius 1 is 1.41 bits per heavy atom. The third-order valence-corrected chi connectivity index (χ3v) is 4.06. The van der Waals surface area contributed by atoms with Crippen LogP contribution < -0.4 is 4.90 Å². The summed E-state index contributed by atoms with van der Waals surface area (Å²) in [7, 11) is 2.02. The molecule has 0 atom stereocenters. The minimum absolute atomic E-state index is 0.0822. The van der Waals surface area contributed by atoms with Crippen LogP contribution in [0.2, 0.25) is 0 Å². The summed E-state index contributed by atoms with van der Waals surface area (Å²) in [6.07, 6.45) is 3.45. The molecule has 0 bridgehead atoms. The van der Waals surface area contributed by atoms with Crippen molar-refractivity contribution in [2.45, 2.75) is 25.8 Å². The van der Waals surface area contributed by atoms with Crippen molar-refractivity contribution in [1.29, 1.82) is 0 Å². The molecule has 1 saturated heterocycles. The van der Waals surface area contributed by atoms with E-state index in [4.69, 9.17) is 4.52 Å². The minimum atomic E-state index is -0.0822. The molecule has 0 unspecified atom stereocenters. The van der Waals surface area contributed by atoms with Gasteiger partial charge in [-0.25, -0.2) is 0 Å². The summed E-state index contributed by atoms with van der Waals surface area (Å²) in [6, 6.07) is 5.86. The van der Waals surface area contributed by atoms with Crippen LogP contribution in [0.5, 0.6) is 0 Å². The number of hydrogen-bond donors (Lipinski definition) is 0. The Morgan fingerprint density at radius 2 is 2.18 bits per heavy atom. The maximum atomic E-state index is 12.3. The van der Waals surface area contributed by atoms with Crippen LogP contribution in [-0.2, 0) is 0 Å². The zero-order chi connectivity index (χ0) is 15.5. The predicted octanol–water partition coefficient (Wildman–Crippen LogP) is 1.51. The maximum absolute atomic E-state index is 12.3. The Hall–Kier alpha value is -2.44. The Balaban J connectivity index is 1.59. The Labute approximate surface area is 128 Å². The molecule has 0 spiro atoms. The van der Waals surface area contributed by atoms with Gasteiger partial charge in [0.2, 0.25) is 5.76 Å². The zero-order valence-corrected chi connectivity index (χ0v) is 12.8.